The number of benzene rings is 2. The highest BCUT2D eigenvalue weighted by molar-refractivity contribution is 5.84. The zero-order chi connectivity index (χ0) is 21.9. The first-order valence-corrected chi connectivity index (χ1v) is 10.7. The molecule has 0 aliphatic carbocycles. The van der Waals surface area contributed by atoms with Crippen molar-refractivity contribution in [3.63, 3.8) is 0 Å². The maximum absolute atomic E-state index is 12.9. The Morgan fingerprint density at radius 1 is 1.06 bits per heavy atom. The topological polar surface area (TPSA) is 84.9 Å². The predicted molar refractivity (Wildman–Crippen MR) is 117 cm³/mol. The van der Waals surface area contributed by atoms with Crippen LogP contribution in [0.3, 0.4) is 0 Å². The third-order valence-corrected chi connectivity index (χ3v) is 6.05. The van der Waals surface area contributed by atoms with Gasteiger partial charge in [0.25, 0.3) is 5.91 Å². The highest BCUT2D eigenvalue weighted by Crippen LogP contribution is 2.25. The van der Waals surface area contributed by atoms with E-state index in [2.05, 4.69) is 22.1 Å². The first-order chi connectivity index (χ1) is 15.7. The first-order valence-electron chi connectivity index (χ1n) is 10.7. The van der Waals surface area contributed by atoms with Gasteiger partial charge in [0.15, 0.2) is 6.61 Å². The van der Waals surface area contributed by atoms with Crippen LogP contribution >= 0.6 is 0 Å². The van der Waals surface area contributed by atoms with Gasteiger partial charge >= 0.3 is 0 Å². The van der Waals surface area contributed by atoms with E-state index < -0.39 is 0 Å². The number of carbonyl (C=O) groups is 2. The summed E-state index contributed by atoms with van der Waals surface area (Å²) in [6.07, 6.45) is 2.02. The van der Waals surface area contributed by atoms with Gasteiger partial charge < -0.3 is 19.3 Å². The third-order valence-electron chi connectivity index (χ3n) is 6.05. The van der Waals surface area contributed by atoms with Crippen LogP contribution in [0.4, 0.5) is 0 Å². The van der Waals surface area contributed by atoms with E-state index in [-0.39, 0.29) is 37.2 Å². The Kier molecular flexibility index (Phi) is 5.68. The Hall–Kier alpha value is -3.52. The zero-order valence-corrected chi connectivity index (χ0v) is 17.6. The maximum Gasteiger partial charge on any atom is 0.260 e. The van der Waals surface area contributed by atoms with Crippen LogP contribution in [0.2, 0.25) is 0 Å². The fourth-order valence-electron chi connectivity index (χ4n) is 4.37. The van der Waals surface area contributed by atoms with Crippen molar-refractivity contribution in [3.05, 3.63) is 66.5 Å². The lowest BCUT2D eigenvalue weighted by atomic mass is 10.1. The van der Waals surface area contributed by atoms with Gasteiger partial charge in [0, 0.05) is 19.6 Å². The number of hydrogen-bond donors (Lipinski definition) is 0. The van der Waals surface area contributed by atoms with Crippen molar-refractivity contribution < 1.29 is 19.1 Å². The van der Waals surface area contributed by atoms with Crippen LogP contribution in [0.25, 0.3) is 10.9 Å². The van der Waals surface area contributed by atoms with Gasteiger partial charge in [0.2, 0.25) is 11.8 Å². The van der Waals surface area contributed by atoms with E-state index in [1.54, 1.807) is 4.90 Å². The number of carbonyl (C=O) groups excluding carboxylic acids is 2. The normalized spacial score (nSPS) is 20.4. The van der Waals surface area contributed by atoms with Crippen LogP contribution in [0.5, 0.6) is 5.88 Å². The van der Waals surface area contributed by atoms with Crippen molar-refractivity contribution in [3.8, 4) is 5.88 Å². The lowest BCUT2D eigenvalue weighted by Crippen LogP contribution is -2.54. The number of aromatic nitrogens is 2. The standard InChI is InChI=1S/C24H24N4O4/c29-22(14-32-24-18-8-4-5-9-19(18)25-16-26-24)27-12-20-21(13-27)31-15-23(30)28(20)11-10-17-6-2-1-3-7-17/h1-9,16,20-21H,10-15H2/t20-,21-/m0/s1. The first kappa shape index (κ1) is 20.4. The van der Waals surface area contributed by atoms with E-state index in [0.29, 0.717) is 25.5 Å². The molecule has 8 heteroatoms. The minimum absolute atomic E-state index is 0.0276. The van der Waals surface area contributed by atoms with E-state index in [1.807, 2.05) is 47.4 Å². The highest BCUT2D eigenvalue weighted by Gasteiger charge is 2.44. The number of fused-ring (bicyclic) bond motifs is 2. The molecule has 2 amide bonds. The van der Waals surface area contributed by atoms with Gasteiger partial charge in [-0.15, -0.1) is 0 Å². The van der Waals surface area contributed by atoms with Gasteiger partial charge in [-0.05, 0) is 24.1 Å². The summed E-state index contributed by atoms with van der Waals surface area (Å²) < 4.78 is 11.5. The molecule has 0 spiro atoms. The number of amides is 2. The Morgan fingerprint density at radius 3 is 2.75 bits per heavy atom. The fraction of sp³-hybridized carbons (Fsp3) is 0.333. The van der Waals surface area contributed by atoms with Gasteiger partial charge in [-0.1, -0.05) is 42.5 Å². The van der Waals surface area contributed by atoms with E-state index in [9.17, 15) is 9.59 Å². The second-order valence-corrected chi connectivity index (χ2v) is 8.02. The van der Waals surface area contributed by atoms with E-state index in [1.165, 1.54) is 11.9 Å². The van der Waals surface area contributed by atoms with Crippen molar-refractivity contribution in [2.24, 2.45) is 0 Å². The Balaban J connectivity index is 1.22. The molecule has 2 fully saturated rings. The second-order valence-electron chi connectivity index (χ2n) is 8.02. The van der Waals surface area contributed by atoms with Crippen LogP contribution in [0.1, 0.15) is 5.56 Å². The zero-order valence-electron chi connectivity index (χ0n) is 17.6. The molecule has 0 radical (unpaired) electrons. The van der Waals surface area contributed by atoms with Gasteiger partial charge in [0.05, 0.1) is 23.0 Å². The molecule has 32 heavy (non-hydrogen) atoms. The predicted octanol–water partition coefficient (Wildman–Crippen LogP) is 1.69. The third kappa shape index (κ3) is 4.13. The maximum atomic E-state index is 12.9. The van der Waals surface area contributed by atoms with Crippen molar-refractivity contribution in [2.45, 2.75) is 18.6 Å². The molecule has 2 saturated heterocycles. The molecule has 2 aliphatic heterocycles. The average Bonchev–Trinajstić information content (AvgIpc) is 3.27. The van der Waals surface area contributed by atoms with Gasteiger partial charge in [-0.25, -0.2) is 9.97 Å². The van der Waals surface area contributed by atoms with Gasteiger partial charge in [0.1, 0.15) is 12.9 Å². The summed E-state index contributed by atoms with van der Waals surface area (Å²) in [5, 5.41) is 0.763. The fourth-order valence-corrected chi connectivity index (χ4v) is 4.37. The Labute approximate surface area is 185 Å². The molecule has 2 aromatic carbocycles. The van der Waals surface area contributed by atoms with Crippen molar-refractivity contribution in [1.82, 2.24) is 19.8 Å². The van der Waals surface area contributed by atoms with E-state index >= 15 is 0 Å². The van der Waals surface area contributed by atoms with Crippen LogP contribution in [-0.4, -0.2) is 76.6 Å². The quantitative estimate of drug-likeness (QED) is 0.589. The number of rotatable bonds is 6. The lowest BCUT2D eigenvalue weighted by Gasteiger charge is -2.36. The number of likely N-dealkylation sites (tertiary alicyclic amines) is 1. The molecule has 8 nitrogen and oxygen atoms in total. The number of para-hydroxylation sites is 1. The molecular formula is C24H24N4O4. The van der Waals surface area contributed by atoms with E-state index in [4.69, 9.17) is 9.47 Å². The molecule has 0 unspecified atom stereocenters. The van der Waals surface area contributed by atoms with Gasteiger partial charge in [-0.3, -0.25) is 9.59 Å². The van der Waals surface area contributed by atoms with E-state index in [0.717, 1.165) is 17.3 Å². The summed E-state index contributed by atoms with van der Waals surface area (Å²) in [4.78, 5) is 37.4. The average molecular weight is 432 g/mol. The smallest absolute Gasteiger partial charge is 0.260 e. The van der Waals surface area contributed by atoms with Crippen LogP contribution in [0.15, 0.2) is 60.9 Å². The molecule has 0 bridgehead atoms. The largest absolute Gasteiger partial charge is 0.467 e. The number of nitrogens with zero attached hydrogens (tertiary/aromatic N) is 4. The van der Waals surface area contributed by atoms with Crippen molar-refractivity contribution >= 4 is 22.7 Å². The lowest BCUT2D eigenvalue weighted by molar-refractivity contribution is -0.152. The number of hydrogen-bond acceptors (Lipinski definition) is 6. The SMILES string of the molecule is O=C(COc1ncnc2ccccc12)N1C[C@@H]2OCC(=O)N(CCc3ccccc3)[C@H]2C1. The molecule has 0 N–H and O–H groups in total. The molecule has 0 saturated carbocycles. The minimum atomic E-state index is -0.174. The van der Waals surface area contributed by atoms with Crippen LogP contribution in [-0.2, 0) is 20.7 Å². The molecule has 3 heterocycles. The molecule has 164 valence electrons. The summed E-state index contributed by atoms with van der Waals surface area (Å²) >= 11 is 0. The number of morpholine rings is 1. The molecule has 3 aromatic rings. The summed E-state index contributed by atoms with van der Waals surface area (Å²) in [6, 6.07) is 17.5. The summed E-state index contributed by atoms with van der Waals surface area (Å²) in [6.45, 7) is 1.43. The summed E-state index contributed by atoms with van der Waals surface area (Å²) in [7, 11) is 0. The van der Waals surface area contributed by atoms with Crippen LogP contribution < -0.4 is 4.74 Å². The summed E-state index contributed by atoms with van der Waals surface area (Å²) in [5.41, 5.74) is 1.94. The summed E-state index contributed by atoms with van der Waals surface area (Å²) in [5.74, 6) is 0.206. The highest BCUT2D eigenvalue weighted by atomic mass is 16.5. The molecule has 1 aromatic heterocycles. The molecule has 5 rings (SSSR count). The minimum Gasteiger partial charge on any atom is -0.467 e. The van der Waals surface area contributed by atoms with Crippen molar-refractivity contribution in [1.29, 1.82) is 0 Å². The molecular weight excluding hydrogens is 408 g/mol. The van der Waals surface area contributed by atoms with Crippen molar-refractivity contribution in [2.75, 3.05) is 32.8 Å². The molecule has 2 aliphatic rings. The monoisotopic (exact) mass is 432 g/mol. The Bertz CT molecular complexity index is 1120. The Morgan fingerprint density at radius 2 is 1.88 bits per heavy atom. The van der Waals surface area contributed by atoms with Gasteiger partial charge in [-0.2, -0.15) is 0 Å². The second kappa shape index (κ2) is 8.92. The number of ether oxygens (including phenoxy) is 2. The van der Waals surface area contributed by atoms with Crippen LogP contribution in [0, 0.1) is 0 Å². The molecule has 2 atom stereocenters.